The van der Waals surface area contributed by atoms with Gasteiger partial charge in [-0.05, 0) is 25.0 Å². The molecule has 0 aliphatic carbocycles. The fraction of sp³-hybridized carbons (Fsp3) is 0.767. The van der Waals surface area contributed by atoms with Crippen molar-refractivity contribution in [2.24, 2.45) is 0 Å². The van der Waals surface area contributed by atoms with Gasteiger partial charge in [0.05, 0.1) is 13.2 Å². The molecule has 5 heteroatoms. The Morgan fingerprint density at radius 3 is 1.26 bits per heavy atom. The van der Waals surface area contributed by atoms with Gasteiger partial charge in [0.1, 0.15) is 11.4 Å². The molecule has 1 aromatic rings. The number of aromatic nitrogens is 1. The van der Waals surface area contributed by atoms with Crippen molar-refractivity contribution in [1.29, 1.82) is 0 Å². The van der Waals surface area contributed by atoms with Crippen LogP contribution in [0, 0.1) is 0 Å². The molecule has 0 fully saturated rings. The third kappa shape index (κ3) is 17.2. The molecule has 0 N–H and O–H groups in total. The second kappa shape index (κ2) is 22.5. The summed E-state index contributed by atoms with van der Waals surface area (Å²) in [6.45, 7) is 5.14. The minimum absolute atomic E-state index is 0.151. The molecular formula is C30H51NO4. The zero-order chi connectivity index (χ0) is 25.4. The van der Waals surface area contributed by atoms with E-state index in [0.29, 0.717) is 13.2 Å². The first-order valence-electron chi connectivity index (χ1n) is 14.5. The number of hydrogen-bond acceptors (Lipinski definition) is 5. The molecule has 0 spiro atoms. The van der Waals surface area contributed by atoms with E-state index in [1.807, 2.05) is 0 Å². The summed E-state index contributed by atoms with van der Waals surface area (Å²) in [7, 11) is 0. The van der Waals surface area contributed by atoms with Gasteiger partial charge in [0.25, 0.3) is 0 Å². The summed E-state index contributed by atoms with van der Waals surface area (Å²) in [5.41, 5.74) is 0.308. The number of unbranched alkanes of at least 4 members (excludes halogenated alkanes) is 17. The number of rotatable bonds is 23. The molecule has 1 rings (SSSR count). The zero-order valence-electron chi connectivity index (χ0n) is 22.7. The molecule has 200 valence electrons. The summed E-state index contributed by atoms with van der Waals surface area (Å²) in [5.74, 6) is -0.972. The van der Waals surface area contributed by atoms with Gasteiger partial charge in [-0.2, -0.15) is 0 Å². The summed E-state index contributed by atoms with van der Waals surface area (Å²) in [6.07, 6.45) is 23.9. The molecule has 0 unspecified atom stereocenters. The van der Waals surface area contributed by atoms with E-state index in [2.05, 4.69) is 18.8 Å². The first-order chi connectivity index (χ1) is 17.2. The van der Waals surface area contributed by atoms with Gasteiger partial charge >= 0.3 is 11.9 Å². The molecule has 5 nitrogen and oxygen atoms in total. The van der Waals surface area contributed by atoms with Crippen molar-refractivity contribution in [2.45, 2.75) is 136 Å². The molecule has 1 heterocycles. The Kier molecular flexibility index (Phi) is 20.0. The molecule has 0 amide bonds. The van der Waals surface area contributed by atoms with E-state index in [4.69, 9.17) is 9.47 Å². The van der Waals surface area contributed by atoms with Crippen LogP contribution < -0.4 is 0 Å². The molecule has 1 aromatic heterocycles. The molecule has 0 radical (unpaired) electrons. The number of ether oxygens (including phenoxy) is 2. The second-order valence-electron chi connectivity index (χ2n) is 9.69. The molecule has 0 bridgehead atoms. The van der Waals surface area contributed by atoms with Crippen LogP contribution in [-0.2, 0) is 9.47 Å². The van der Waals surface area contributed by atoms with E-state index in [0.717, 1.165) is 32.1 Å². The standard InChI is InChI=1S/C30H51NO4/c1-3-5-7-8-9-10-11-12-13-14-15-16-17-18-19-21-26-35-30(33)28-24-22-23-27(31-28)29(32)34-25-20-6-4-2/h22-24H,3-21,25-26H2,1-2H3. The maximum absolute atomic E-state index is 12.2. The van der Waals surface area contributed by atoms with Crippen molar-refractivity contribution < 1.29 is 19.1 Å². The first kappa shape index (κ1) is 31.1. The van der Waals surface area contributed by atoms with Gasteiger partial charge in [-0.1, -0.05) is 129 Å². The van der Waals surface area contributed by atoms with Crippen molar-refractivity contribution in [3.05, 3.63) is 29.6 Å². The van der Waals surface area contributed by atoms with Gasteiger partial charge in [0.15, 0.2) is 0 Å². The highest BCUT2D eigenvalue weighted by molar-refractivity contribution is 5.91. The monoisotopic (exact) mass is 489 g/mol. The number of nitrogens with zero attached hydrogens (tertiary/aromatic N) is 1. The minimum atomic E-state index is -0.492. The van der Waals surface area contributed by atoms with E-state index in [1.165, 1.54) is 89.9 Å². The lowest BCUT2D eigenvalue weighted by atomic mass is 10.0. The summed E-state index contributed by atoms with van der Waals surface area (Å²) < 4.78 is 10.6. The summed E-state index contributed by atoms with van der Waals surface area (Å²) >= 11 is 0. The van der Waals surface area contributed by atoms with E-state index >= 15 is 0 Å². The van der Waals surface area contributed by atoms with Gasteiger partial charge in [0.2, 0.25) is 0 Å². The molecular weight excluding hydrogens is 438 g/mol. The Labute approximate surface area is 214 Å². The van der Waals surface area contributed by atoms with Gasteiger partial charge in [0, 0.05) is 0 Å². The fourth-order valence-electron chi connectivity index (χ4n) is 4.14. The van der Waals surface area contributed by atoms with Crippen molar-refractivity contribution in [1.82, 2.24) is 4.98 Å². The Morgan fingerprint density at radius 1 is 0.543 bits per heavy atom. The Hall–Kier alpha value is -1.91. The molecule has 0 atom stereocenters. The minimum Gasteiger partial charge on any atom is -0.461 e. The van der Waals surface area contributed by atoms with E-state index in [9.17, 15) is 9.59 Å². The van der Waals surface area contributed by atoms with Crippen LogP contribution in [-0.4, -0.2) is 30.1 Å². The lowest BCUT2D eigenvalue weighted by Gasteiger charge is -2.07. The smallest absolute Gasteiger partial charge is 0.356 e. The quantitative estimate of drug-likeness (QED) is 0.113. The molecule has 0 saturated heterocycles. The lowest BCUT2D eigenvalue weighted by molar-refractivity contribution is 0.0482. The van der Waals surface area contributed by atoms with Crippen LogP contribution in [0.3, 0.4) is 0 Å². The fourth-order valence-corrected chi connectivity index (χ4v) is 4.14. The number of carbonyl (C=O) groups excluding carboxylic acids is 2. The summed E-state index contributed by atoms with van der Waals surface area (Å²) in [5, 5.41) is 0. The highest BCUT2D eigenvalue weighted by atomic mass is 16.5. The van der Waals surface area contributed by atoms with E-state index < -0.39 is 11.9 Å². The van der Waals surface area contributed by atoms with E-state index in [1.54, 1.807) is 18.2 Å². The van der Waals surface area contributed by atoms with Gasteiger partial charge in [-0.15, -0.1) is 0 Å². The van der Waals surface area contributed by atoms with Gasteiger partial charge in [-0.3, -0.25) is 0 Å². The van der Waals surface area contributed by atoms with Crippen LogP contribution in [0.1, 0.15) is 157 Å². The van der Waals surface area contributed by atoms with Gasteiger partial charge < -0.3 is 9.47 Å². The average Bonchev–Trinajstić information content (AvgIpc) is 2.88. The lowest BCUT2D eigenvalue weighted by Crippen LogP contribution is -2.13. The normalized spacial score (nSPS) is 10.9. The molecule has 0 aliphatic rings. The maximum atomic E-state index is 12.2. The Morgan fingerprint density at radius 2 is 0.857 bits per heavy atom. The van der Waals surface area contributed by atoms with Crippen molar-refractivity contribution >= 4 is 11.9 Å². The SMILES string of the molecule is CCCCCCCCCCCCCCCCCCOC(=O)c1cccc(C(=O)OCCCCC)n1. The molecule has 0 saturated carbocycles. The van der Waals surface area contributed by atoms with Crippen molar-refractivity contribution in [3.8, 4) is 0 Å². The Bertz CT molecular complexity index is 662. The van der Waals surface area contributed by atoms with Crippen molar-refractivity contribution in [3.63, 3.8) is 0 Å². The predicted molar refractivity (Wildman–Crippen MR) is 144 cm³/mol. The number of hydrogen-bond donors (Lipinski definition) is 0. The highest BCUT2D eigenvalue weighted by Crippen LogP contribution is 2.14. The molecule has 35 heavy (non-hydrogen) atoms. The Balaban J connectivity index is 1.98. The third-order valence-corrected chi connectivity index (χ3v) is 6.38. The van der Waals surface area contributed by atoms with Gasteiger partial charge in [-0.25, -0.2) is 14.6 Å². The van der Waals surface area contributed by atoms with Crippen LogP contribution in [0.4, 0.5) is 0 Å². The third-order valence-electron chi connectivity index (χ3n) is 6.38. The van der Waals surface area contributed by atoms with Crippen LogP contribution in [0.15, 0.2) is 18.2 Å². The predicted octanol–water partition coefficient (Wildman–Crippen LogP) is 8.85. The van der Waals surface area contributed by atoms with Crippen LogP contribution in [0.25, 0.3) is 0 Å². The number of esters is 2. The van der Waals surface area contributed by atoms with Crippen molar-refractivity contribution in [2.75, 3.05) is 13.2 Å². The largest absolute Gasteiger partial charge is 0.461 e. The highest BCUT2D eigenvalue weighted by Gasteiger charge is 2.14. The first-order valence-corrected chi connectivity index (χ1v) is 14.5. The average molecular weight is 490 g/mol. The van der Waals surface area contributed by atoms with Crippen LogP contribution in [0.2, 0.25) is 0 Å². The zero-order valence-corrected chi connectivity index (χ0v) is 22.7. The second-order valence-corrected chi connectivity index (χ2v) is 9.69. The number of carbonyl (C=O) groups is 2. The number of pyridine rings is 1. The van der Waals surface area contributed by atoms with Crippen LogP contribution >= 0.6 is 0 Å². The topological polar surface area (TPSA) is 65.5 Å². The summed E-state index contributed by atoms with van der Waals surface area (Å²) in [6, 6.07) is 4.78. The van der Waals surface area contributed by atoms with Crippen LogP contribution in [0.5, 0.6) is 0 Å². The molecule has 0 aliphatic heterocycles. The summed E-state index contributed by atoms with van der Waals surface area (Å²) in [4.78, 5) is 28.4. The van der Waals surface area contributed by atoms with E-state index in [-0.39, 0.29) is 11.4 Å². The maximum Gasteiger partial charge on any atom is 0.356 e. The molecule has 0 aromatic carbocycles.